The molecule has 0 saturated carbocycles. The molecule has 0 aliphatic rings. The maximum absolute atomic E-state index is 12.4. The Hall–Kier alpha value is -2.60. The van der Waals surface area contributed by atoms with Crippen molar-refractivity contribution in [1.29, 1.82) is 0 Å². The molecule has 0 bridgehead atoms. The smallest absolute Gasteiger partial charge is 0.294 e. The average Bonchev–Trinajstić information content (AvgIpc) is 2.61. The Morgan fingerprint density at radius 3 is 2.08 bits per heavy atom. The zero-order valence-corrected chi connectivity index (χ0v) is 15.1. The van der Waals surface area contributed by atoms with Gasteiger partial charge in [-0.1, -0.05) is 71.4 Å². The summed E-state index contributed by atoms with van der Waals surface area (Å²) in [6.45, 7) is 4.07. The number of aromatic nitrogens is 3. The van der Waals surface area contributed by atoms with Gasteiger partial charge in [-0.2, -0.15) is 4.68 Å². The van der Waals surface area contributed by atoms with Crippen molar-refractivity contribution in [1.82, 2.24) is 14.9 Å². The third kappa shape index (κ3) is 4.28. The molecule has 0 spiro atoms. The van der Waals surface area contributed by atoms with Gasteiger partial charge >= 0.3 is 0 Å². The van der Waals surface area contributed by atoms with E-state index in [0.717, 1.165) is 15.8 Å². The van der Waals surface area contributed by atoms with Crippen LogP contribution in [0.25, 0.3) is 0 Å². The fourth-order valence-electron chi connectivity index (χ4n) is 2.36. The molecule has 6 heteroatoms. The van der Waals surface area contributed by atoms with Gasteiger partial charge in [0.05, 0.1) is 0 Å². The number of nitrogens with two attached hydrogens (primary N) is 1. The van der Waals surface area contributed by atoms with Crippen molar-refractivity contribution in [3.05, 3.63) is 86.8 Å². The van der Waals surface area contributed by atoms with E-state index in [1.807, 2.05) is 38.1 Å². The van der Waals surface area contributed by atoms with Gasteiger partial charge < -0.3 is 5.84 Å². The number of hydrogen-bond acceptors (Lipinski definition) is 5. The molecule has 0 amide bonds. The molecule has 5 nitrogen and oxygen atoms in total. The quantitative estimate of drug-likeness (QED) is 0.564. The zero-order chi connectivity index (χ0) is 17.8. The Morgan fingerprint density at radius 1 is 0.920 bits per heavy atom. The molecule has 128 valence electrons. The van der Waals surface area contributed by atoms with Crippen LogP contribution >= 0.6 is 11.8 Å². The summed E-state index contributed by atoms with van der Waals surface area (Å²) >= 11 is 1.40. The Labute approximate surface area is 150 Å². The lowest BCUT2D eigenvalue weighted by atomic mass is 10.1. The van der Waals surface area contributed by atoms with Crippen LogP contribution in [0.15, 0.2) is 58.5 Å². The van der Waals surface area contributed by atoms with Gasteiger partial charge in [0.2, 0.25) is 5.16 Å². The fourth-order valence-corrected chi connectivity index (χ4v) is 3.17. The second kappa shape index (κ2) is 7.53. The van der Waals surface area contributed by atoms with Crippen LogP contribution in [0, 0.1) is 13.8 Å². The van der Waals surface area contributed by atoms with Crippen molar-refractivity contribution in [2.24, 2.45) is 0 Å². The summed E-state index contributed by atoms with van der Waals surface area (Å²) < 4.78 is 1.09. The van der Waals surface area contributed by atoms with E-state index in [4.69, 9.17) is 5.84 Å². The van der Waals surface area contributed by atoms with E-state index in [9.17, 15) is 4.79 Å². The van der Waals surface area contributed by atoms with E-state index in [1.165, 1.54) is 22.9 Å². The Balaban J connectivity index is 1.74. The van der Waals surface area contributed by atoms with Crippen LogP contribution in [-0.4, -0.2) is 14.9 Å². The molecular weight excluding hydrogens is 332 g/mol. The first kappa shape index (κ1) is 17.2. The van der Waals surface area contributed by atoms with E-state index < -0.39 is 0 Å². The number of benzene rings is 2. The molecule has 2 aromatic carbocycles. The second-order valence-electron chi connectivity index (χ2n) is 6.04. The number of nitrogen functional groups attached to an aromatic ring is 1. The topological polar surface area (TPSA) is 73.8 Å². The molecular formula is C19H20N4OS. The Kier molecular flexibility index (Phi) is 5.19. The van der Waals surface area contributed by atoms with Crippen LogP contribution in [0.2, 0.25) is 0 Å². The maximum atomic E-state index is 12.4. The van der Waals surface area contributed by atoms with Gasteiger partial charge in [-0.25, -0.2) is 0 Å². The van der Waals surface area contributed by atoms with E-state index in [2.05, 4.69) is 34.5 Å². The summed E-state index contributed by atoms with van der Waals surface area (Å²) in [6.07, 6.45) is 0.423. The number of hydrogen-bond donors (Lipinski definition) is 1. The highest BCUT2D eigenvalue weighted by molar-refractivity contribution is 7.98. The first-order valence-electron chi connectivity index (χ1n) is 8.00. The molecule has 3 aromatic rings. The summed E-state index contributed by atoms with van der Waals surface area (Å²) in [4.78, 5) is 12.4. The predicted molar refractivity (Wildman–Crippen MR) is 101 cm³/mol. The summed E-state index contributed by atoms with van der Waals surface area (Å²) in [5.74, 6) is 6.61. The lowest BCUT2D eigenvalue weighted by Gasteiger charge is -2.08. The van der Waals surface area contributed by atoms with Crippen molar-refractivity contribution in [2.75, 3.05) is 5.84 Å². The number of aryl methyl sites for hydroxylation is 2. The summed E-state index contributed by atoms with van der Waals surface area (Å²) in [7, 11) is 0. The minimum atomic E-state index is -0.304. The fraction of sp³-hybridized carbons (Fsp3) is 0.211. The maximum Gasteiger partial charge on any atom is 0.294 e. The van der Waals surface area contributed by atoms with Gasteiger partial charge in [-0.05, 0) is 25.0 Å². The van der Waals surface area contributed by atoms with Gasteiger partial charge in [0.1, 0.15) is 5.69 Å². The summed E-state index contributed by atoms with van der Waals surface area (Å²) in [5.41, 5.74) is 4.59. The highest BCUT2D eigenvalue weighted by atomic mass is 32.2. The standard InChI is InChI=1S/C19H20N4OS/c1-13-3-7-15(8-4-13)11-17-18(24)23(20)19(22-21-17)25-12-16-9-5-14(2)6-10-16/h3-10H,11-12,20H2,1-2H3. The molecule has 1 heterocycles. The van der Waals surface area contributed by atoms with Gasteiger partial charge in [0.25, 0.3) is 5.56 Å². The zero-order valence-electron chi connectivity index (χ0n) is 14.3. The minimum absolute atomic E-state index is 0.304. The molecule has 0 saturated heterocycles. The molecule has 0 aliphatic heterocycles. The molecule has 1 aromatic heterocycles. The second-order valence-corrected chi connectivity index (χ2v) is 6.98. The van der Waals surface area contributed by atoms with Crippen LogP contribution in [-0.2, 0) is 12.2 Å². The summed E-state index contributed by atoms with van der Waals surface area (Å²) in [5, 5.41) is 8.65. The number of nitrogens with zero attached hydrogens (tertiary/aromatic N) is 3. The normalized spacial score (nSPS) is 10.8. The molecule has 25 heavy (non-hydrogen) atoms. The predicted octanol–water partition coefficient (Wildman–Crippen LogP) is 2.85. The number of thioether (sulfide) groups is 1. The molecule has 3 rings (SSSR count). The van der Waals surface area contributed by atoms with Crippen molar-refractivity contribution in [3.8, 4) is 0 Å². The van der Waals surface area contributed by atoms with E-state index in [1.54, 1.807) is 0 Å². The lowest BCUT2D eigenvalue weighted by molar-refractivity contribution is 0.672. The number of rotatable bonds is 5. The van der Waals surface area contributed by atoms with Crippen molar-refractivity contribution in [2.45, 2.75) is 31.2 Å². The average molecular weight is 352 g/mol. The molecule has 0 atom stereocenters. The summed E-state index contributed by atoms with van der Waals surface area (Å²) in [6, 6.07) is 16.2. The van der Waals surface area contributed by atoms with Gasteiger partial charge in [0.15, 0.2) is 0 Å². The molecule has 0 aliphatic carbocycles. The first-order valence-corrected chi connectivity index (χ1v) is 8.99. The van der Waals surface area contributed by atoms with Crippen molar-refractivity contribution in [3.63, 3.8) is 0 Å². The van der Waals surface area contributed by atoms with E-state index >= 15 is 0 Å². The van der Waals surface area contributed by atoms with E-state index in [0.29, 0.717) is 23.0 Å². The van der Waals surface area contributed by atoms with E-state index in [-0.39, 0.29) is 5.56 Å². The molecule has 0 unspecified atom stereocenters. The third-order valence-electron chi connectivity index (χ3n) is 3.91. The highest BCUT2D eigenvalue weighted by Crippen LogP contribution is 2.19. The third-order valence-corrected chi connectivity index (χ3v) is 4.92. The van der Waals surface area contributed by atoms with Crippen LogP contribution in [0.3, 0.4) is 0 Å². The molecule has 0 radical (unpaired) electrons. The minimum Gasteiger partial charge on any atom is -0.334 e. The highest BCUT2D eigenvalue weighted by Gasteiger charge is 2.11. The molecule has 2 N–H and O–H groups in total. The Morgan fingerprint density at radius 2 is 1.48 bits per heavy atom. The monoisotopic (exact) mass is 352 g/mol. The Bertz CT molecular complexity index is 918. The van der Waals surface area contributed by atoms with Crippen LogP contribution in [0.5, 0.6) is 0 Å². The van der Waals surface area contributed by atoms with Gasteiger partial charge in [-0.15, -0.1) is 10.2 Å². The van der Waals surface area contributed by atoms with Gasteiger partial charge in [-0.3, -0.25) is 4.79 Å². The van der Waals surface area contributed by atoms with Crippen molar-refractivity contribution < 1.29 is 0 Å². The van der Waals surface area contributed by atoms with Crippen LogP contribution < -0.4 is 11.4 Å². The largest absolute Gasteiger partial charge is 0.334 e. The van der Waals surface area contributed by atoms with Crippen LogP contribution in [0.4, 0.5) is 0 Å². The van der Waals surface area contributed by atoms with Gasteiger partial charge in [0, 0.05) is 12.2 Å². The van der Waals surface area contributed by atoms with Crippen molar-refractivity contribution >= 4 is 11.8 Å². The van der Waals surface area contributed by atoms with Crippen LogP contribution in [0.1, 0.15) is 27.9 Å². The molecule has 0 fully saturated rings. The lowest BCUT2D eigenvalue weighted by Crippen LogP contribution is -2.33. The first-order chi connectivity index (χ1) is 12.0. The SMILES string of the molecule is Cc1ccc(CSc2nnc(Cc3ccc(C)cc3)c(=O)n2N)cc1.